The van der Waals surface area contributed by atoms with Crippen LogP contribution in [0.15, 0.2) is 36.1 Å². The van der Waals surface area contributed by atoms with Gasteiger partial charge >= 0.3 is 5.97 Å². The second-order valence-corrected chi connectivity index (χ2v) is 3.28. The first-order valence-electron chi connectivity index (χ1n) is 5.02. The Morgan fingerprint density at radius 1 is 1.53 bits per heavy atom. The molecule has 0 aromatic rings. The van der Waals surface area contributed by atoms with E-state index in [-0.39, 0.29) is 6.42 Å². The van der Waals surface area contributed by atoms with E-state index in [1.165, 1.54) is 0 Å². The maximum Gasteiger partial charge on any atom is 0.303 e. The Labute approximate surface area is 91.2 Å². The number of hydrogen-bond acceptors (Lipinski definition) is 2. The summed E-state index contributed by atoms with van der Waals surface area (Å²) in [6.45, 7) is 8.42. The third-order valence-corrected chi connectivity index (χ3v) is 1.92. The third kappa shape index (κ3) is 7.55. The molecule has 0 aliphatic heterocycles. The molecule has 0 saturated heterocycles. The van der Waals surface area contributed by atoms with Crippen molar-refractivity contribution in [2.75, 3.05) is 6.54 Å². The molecule has 0 fully saturated rings. The fourth-order valence-electron chi connectivity index (χ4n) is 0.959. The molecule has 0 saturated carbocycles. The van der Waals surface area contributed by atoms with Crippen molar-refractivity contribution in [2.45, 2.75) is 26.7 Å². The highest BCUT2D eigenvalue weighted by molar-refractivity contribution is 5.66. The van der Waals surface area contributed by atoms with Gasteiger partial charge in [0.05, 0.1) is 0 Å². The summed E-state index contributed by atoms with van der Waals surface area (Å²) in [6, 6.07) is 0. The van der Waals surface area contributed by atoms with Crippen LogP contribution >= 0.6 is 0 Å². The topological polar surface area (TPSA) is 49.3 Å². The first kappa shape index (κ1) is 13.5. The van der Waals surface area contributed by atoms with Crippen LogP contribution in [-0.2, 0) is 4.79 Å². The standard InChI is InChI=1S/C12H19NO2/c1-4-5-7-10(2)11(3)13-9-6-8-12(14)15/h4-5,7,13H,3,6,8-9H2,1-2H3,(H,14,15)/b5-4-,10-7+. The average molecular weight is 209 g/mol. The maximum absolute atomic E-state index is 10.2. The number of rotatable bonds is 7. The SMILES string of the molecule is C=C(NCCCC(=O)O)/C(C)=C/C=C\C. The monoisotopic (exact) mass is 209 g/mol. The lowest BCUT2D eigenvalue weighted by molar-refractivity contribution is -0.137. The molecule has 3 nitrogen and oxygen atoms in total. The van der Waals surface area contributed by atoms with Gasteiger partial charge in [0.1, 0.15) is 0 Å². The molecule has 3 heteroatoms. The van der Waals surface area contributed by atoms with Crippen molar-refractivity contribution in [3.8, 4) is 0 Å². The Morgan fingerprint density at radius 2 is 2.20 bits per heavy atom. The van der Waals surface area contributed by atoms with E-state index in [0.29, 0.717) is 13.0 Å². The van der Waals surface area contributed by atoms with E-state index < -0.39 is 5.97 Å². The molecule has 0 radical (unpaired) electrons. The minimum Gasteiger partial charge on any atom is -0.481 e. The maximum atomic E-state index is 10.2. The van der Waals surface area contributed by atoms with E-state index in [0.717, 1.165) is 11.3 Å². The van der Waals surface area contributed by atoms with Crippen LogP contribution in [0.5, 0.6) is 0 Å². The van der Waals surface area contributed by atoms with Crippen molar-refractivity contribution in [2.24, 2.45) is 0 Å². The van der Waals surface area contributed by atoms with Gasteiger partial charge in [-0.25, -0.2) is 0 Å². The Balaban J connectivity index is 3.79. The molecule has 0 spiro atoms. The van der Waals surface area contributed by atoms with Crippen LogP contribution in [0.2, 0.25) is 0 Å². The van der Waals surface area contributed by atoms with E-state index in [1.54, 1.807) is 0 Å². The van der Waals surface area contributed by atoms with Crippen molar-refractivity contribution in [3.05, 3.63) is 36.1 Å². The van der Waals surface area contributed by atoms with Crippen molar-refractivity contribution < 1.29 is 9.90 Å². The summed E-state index contributed by atoms with van der Waals surface area (Å²) in [4.78, 5) is 10.2. The van der Waals surface area contributed by atoms with E-state index in [4.69, 9.17) is 5.11 Å². The second-order valence-electron chi connectivity index (χ2n) is 3.28. The minimum absolute atomic E-state index is 0.192. The highest BCUT2D eigenvalue weighted by Crippen LogP contribution is 2.03. The number of carboxylic acid groups (broad SMARTS) is 1. The lowest BCUT2D eigenvalue weighted by atomic mass is 10.2. The lowest BCUT2D eigenvalue weighted by Crippen LogP contribution is -2.15. The van der Waals surface area contributed by atoms with Crippen LogP contribution in [0.1, 0.15) is 26.7 Å². The van der Waals surface area contributed by atoms with Crippen LogP contribution in [0.3, 0.4) is 0 Å². The van der Waals surface area contributed by atoms with Gasteiger partial charge in [-0.2, -0.15) is 0 Å². The Hall–Kier alpha value is -1.51. The van der Waals surface area contributed by atoms with Crippen LogP contribution < -0.4 is 5.32 Å². The largest absolute Gasteiger partial charge is 0.481 e. The Kier molecular flexibility index (Phi) is 7.06. The number of allylic oxidation sites excluding steroid dienone is 4. The van der Waals surface area contributed by atoms with Gasteiger partial charge in [-0.15, -0.1) is 0 Å². The predicted molar refractivity (Wildman–Crippen MR) is 62.6 cm³/mol. The summed E-state index contributed by atoms with van der Waals surface area (Å²) in [5.74, 6) is -0.761. The molecule has 0 unspecified atom stereocenters. The number of nitrogens with one attached hydrogen (secondary N) is 1. The lowest BCUT2D eigenvalue weighted by Gasteiger charge is -2.08. The molecular weight excluding hydrogens is 190 g/mol. The molecule has 0 aliphatic carbocycles. The van der Waals surface area contributed by atoms with Crippen LogP contribution in [0.25, 0.3) is 0 Å². The van der Waals surface area contributed by atoms with Crippen LogP contribution in [-0.4, -0.2) is 17.6 Å². The molecule has 0 heterocycles. The van der Waals surface area contributed by atoms with Gasteiger partial charge in [0.25, 0.3) is 0 Å². The first-order chi connectivity index (χ1) is 7.07. The highest BCUT2D eigenvalue weighted by Gasteiger charge is 1.97. The van der Waals surface area contributed by atoms with Crippen molar-refractivity contribution in [1.29, 1.82) is 0 Å². The highest BCUT2D eigenvalue weighted by atomic mass is 16.4. The summed E-state index contributed by atoms with van der Waals surface area (Å²) < 4.78 is 0. The zero-order valence-electron chi connectivity index (χ0n) is 9.42. The predicted octanol–water partition coefficient (Wildman–Crippen LogP) is 2.48. The van der Waals surface area contributed by atoms with Crippen LogP contribution in [0.4, 0.5) is 0 Å². The smallest absolute Gasteiger partial charge is 0.303 e. The third-order valence-electron chi connectivity index (χ3n) is 1.92. The molecule has 2 N–H and O–H groups in total. The van der Waals surface area contributed by atoms with Gasteiger partial charge in [-0.1, -0.05) is 24.8 Å². The minimum atomic E-state index is -0.761. The summed E-state index contributed by atoms with van der Waals surface area (Å²) >= 11 is 0. The zero-order valence-corrected chi connectivity index (χ0v) is 9.42. The molecule has 0 amide bonds. The van der Waals surface area contributed by atoms with E-state index in [2.05, 4.69) is 11.9 Å². The molecule has 0 aliphatic rings. The fraction of sp³-hybridized carbons (Fsp3) is 0.417. The van der Waals surface area contributed by atoms with E-state index >= 15 is 0 Å². The van der Waals surface area contributed by atoms with Gasteiger partial charge in [0.15, 0.2) is 0 Å². The molecule has 0 bridgehead atoms. The zero-order chi connectivity index (χ0) is 11.7. The van der Waals surface area contributed by atoms with Gasteiger partial charge < -0.3 is 10.4 Å². The molecular formula is C12H19NO2. The molecule has 84 valence electrons. The molecule has 15 heavy (non-hydrogen) atoms. The molecule has 0 rings (SSSR count). The second kappa shape index (κ2) is 7.85. The summed E-state index contributed by atoms with van der Waals surface area (Å²) in [5, 5.41) is 11.5. The Morgan fingerprint density at radius 3 is 2.73 bits per heavy atom. The normalized spacial score (nSPS) is 11.7. The molecule has 0 aromatic heterocycles. The molecule has 0 atom stereocenters. The summed E-state index contributed by atoms with van der Waals surface area (Å²) in [7, 11) is 0. The quantitative estimate of drug-likeness (QED) is 0.500. The van der Waals surface area contributed by atoms with Gasteiger partial charge in [-0.05, 0) is 25.8 Å². The fourth-order valence-corrected chi connectivity index (χ4v) is 0.959. The van der Waals surface area contributed by atoms with Crippen molar-refractivity contribution in [3.63, 3.8) is 0 Å². The van der Waals surface area contributed by atoms with E-state index in [1.807, 2.05) is 32.1 Å². The van der Waals surface area contributed by atoms with Crippen molar-refractivity contribution in [1.82, 2.24) is 5.32 Å². The summed E-state index contributed by atoms with van der Waals surface area (Å²) in [6.07, 6.45) is 6.66. The van der Waals surface area contributed by atoms with Gasteiger partial charge in [-0.3, -0.25) is 4.79 Å². The van der Waals surface area contributed by atoms with Crippen LogP contribution in [0, 0.1) is 0 Å². The number of aliphatic carboxylic acids is 1. The number of hydrogen-bond donors (Lipinski definition) is 2. The van der Waals surface area contributed by atoms with Gasteiger partial charge in [0.2, 0.25) is 0 Å². The van der Waals surface area contributed by atoms with E-state index in [9.17, 15) is 4.79 Å². The first-order valence-corrected chi connectivity index (χ1v) is 5.02. The number of carboxylic acids is 1. The van der Waals surface area contributed by atoms with Gasteiger partial charge in [0, 0.05) is 18.7 Å². The average Bonchev–Trinajstić information content (AvgIpc) is 2.20. The molecule has 0 aromatic carbocycles. The summed E-state index contributed by atoms with van der Waals surface area (Å²) in [5.41, 5.74) is 1.90. The number of carbonyl (C=O) groups is 1. The Bertz CT molecular complexity index is 277. The van der Waals surface area contributed by atoms with Crippen molar-refractivity contribution >= 4 is 5.97 Å².